The summed E-state index contributed by atoms with van der Waals surface area (Å²) in [5.74, 6) is 1.98. The van der Waals surface area contributed by atoms with Gasteiger partial charge < -0.3 is 10.4 Å². The molecule has 0 saturated carbocycles. The van der Waals surface area contributed by atoms with Crippen molar-refractivity contribution in [1.29, 1.82) is 0 Å². The van der Waals surface area contributed by atoms with Gasteiger partial charge in [-0.25, -0.2) is 0 Å². The van der Waals surface area contributed by atoms with Crippen LogP contribution in [0.25, 0.3) is 0 Å². The predicted molar refractivity (Wildman–Crippen MR) is 81.6 cm³/mol. The first-order valence-electron chi connectivity index (χ1n) is 7.16. The van der Waals surface area contributed by atoms with Crippen LogP contribution in [0.3, 0.4) is 0 Å². The second kappa shape index (κ2) is 4.80. The summed E-state index contributed by atoms with van der Waals surface area (Å²) in [5.41, 5.74) is 1.99. The fourth-order valence-electron chi connectivity index (χ4n) is 3.37. The third kappa shape index (κ3) is 2.12. The van der Waals surface area contributed by atoms with Gasteiger partial charge in [0.25, 0.3) is 0 Å². The summed E-state index contributed by atoms with van der Waals surface area (Å²) >= 11 is 1.88. The second-order valence-corrected chi connectivity index (χ2v) is 7.55. The standard InChI is InChI=1S/C16H23NOS/c1-15(2)8-10-19-11-16(15,18)14-13-6-4-3-5-12(13)7-9-17-14/h3-6,14,17-18H,7-11H2,1-2H3. The lowest BCUT2D eigenvalue weighted by Gasteiger charge is -2.52. The molecule has 2 aliphatic rings. The zero-order valence-corrected chi connectivity index (χ0v) is 12.6. The third-order valence-corrected chi connectivity index (χ3v) is 6.09. The van der Waals surface area contributed by atoms with E-state index in [9.17, 15) is 5.11 Å². The Kier molecular flexibility index (Phi) is 3.40. The van der Waals surface area contributed by atoms with E-state index in [1.54, 1.807) is 0 Å². The van der Waals surface area contributed by atoms with Gasteiger partial charge in [-0.15, -0.1) is 0 Å². The summed E-state index contributed by atoms with van der Waals surface area (Å²) < 4.78 is 0. The van der Waals surface area contributed by atoms with Crippen LogP contribution in [0, 0.1) is 5.41 Å². The SMILES string of the molecule is CC1(C)CCSCC1(O)C1NCCc2ccccc21. The van der Waals surface area contributed by atoms with Crippen LogP contribution in [0.15, 0.2) is 24.3 Å². The average molecular weight is 277 g/mol. The molecule has 1 fully saturated rings. The molecule has 2 heterocycles. The maximum absolute atomic E-state index is 11.4. The zero-order valence-electron chi connectivity index (χ0n) is 11.8. The van der Waals surface area contributed by atoms with Crippen molar-refractivity contribution < 1.29 is 5.11 Å². The van der Waals surface area contributed by atoms with Gasteiger partial charge in [-0.2, -0.15) is 11.8 Å². The number of hydrogen-bond acceptors (Lipinski definition) is 3. The van der Waals surface area contributed by atoms with Crippen LogP contribution in [0.4, 0.5) is 0 Å². The van der Waals surface area contributed by atoms with Crippen LogP contribution in [0.5, 0.6) is 0 Å². The largest absolute Gasteiger partial charge is 0.386 e. The highest BCUT2D eigenvalue weighted by molar-refractivity contribution is 7.99. The smallest absolute Gasteiger partial charge is 0.0982 e. The first-order valence-corrected chi connectivity index (χ1v) is 8.31. The molecule has 0 aromatic heterocycles. The summed E-state index contributed by atoms with van der Waals surface area (Å²) in [6, 6.07) is 8.65. The van der Waals surface area contributed by atoms with Gasteiger partial charge in [-0.1, -0.05) is 38.1 Å². The summed E-state index contributed by atoms with van der Waals surface area (Å²) in [5, 5.41) is 15.0. The first-order chi connectivity index (χ1) is 9.05. The minimum absolute atomic E-state index is 0.0413. The minimum atomic E-state index is -0.660. The van der Waals surface area contributed by atoms with Crippen molar-refractivity contribution in [3.63, 3.8) is 0 Å². The molecule has 3 rings (SSSR count). The molecule has 104 valence electrons. The molecule has 0 radical (unpaired) electrons. The molecule has 2 aliphatic heterocycles. The Morgan fingerprint density at radius 1 is 1.32 bits per heavy atom. The Bertz CT molecular complexity index is 474. The molecule has 1 saturated heterocycles. The van der Waals surface area contributed by atoms with Crippen molar-refractivity contribution in [2.24, 2.45) is 5.41 Å². The molecule has 0 spiro atoms. The van der Waals surface area contributed by atoms with Gasteiger partial charge in [0.1, 0.15) is 0 Å². The predicted octanol–water partition coefficient (Wildman–Crippen LogP) is 2.77. The van der Waals surface area contributed by atoms with Crippen LogP contribution in [0.1, 0.15) is 37.4 Å². The summed E-state index contributed by atoms with van der Waals surface area (Å²) in [6.07, 6.45) is 2.14. The van der Waals surface area contributed by atoms with Crippen molar-refractivity contribution in [2.75, 3.05) is 18.1 Å². The highest BCUT2D eigenvalue weighted by Crippen LogP contribution is 2.49. The number of rotatable bonds is 1. The number of hydrogen-bond donors (Lipinski definition) is 2. The molecule has 1 aromatic carbocycles. The molecule has 2 nitrogen and oxygen atoms in total. The van der Waals surface area contributed by atoms with Gasteiger partial charge in [0.2, 0.25) is 0 Å². The molecule has 19 heavy (non-hydrogen) atoms. The number of benzene rings is 1. The summed E-state index contributed by atoms with van der Waals surface area (Å²) in [7, 11) is 0. The minimum Gasteiger partial charge on any atom is -0.386 e. The van der Waals surface area contributed by atoms with Crippen molar-refractivity contribution in [2.45, 2.75) is 38.3 Å². The van der Waals surface area contributed by atoms with Crippen molar-refractivity contribution in [3.8, 4) is 0 Å². The van der Waals surface area contributed by atoms with E-state index in [1.807, 2.05) is 11.8 Å². The molecule has 3 heteroatoms. The maximum Gasteiger partial charge on any atom is 0.0982 e. The van der Waals surface area contributed by atoms with E-state index in [2.05, 4.69) is 43.4 Å². The highest BCUT2D eigenvalue weighted by atomic mass is 32.2. The molecule has 0 aliphatic carbocycles. The van der Waals surface area contributed by atoms with Crippen LogP contribution in [-0.4, -0.2) is 28.8 Å². The number of nitrogens with one attached hydrogen (secondary N) is 1. The van der Waals surface area contributed by atoms with E-state index < -0.39 is 5.60 Å². The quantitative estimate of drug-likeness (QED) is 0.828. The summed E-state index contributed by atoms with van der Waals surface area (Å²) in [6.45, 7) is 5.39. The van der Waals surface area contributed by atoms with Gasteiger partial charge in [0.15, 0.2) is 0 Å². The van der Waals surface area contributed by atoms with Gasteiger partial charge in [0, 0.05) is 5.75 Å². The Morgan fingerprint density at radius 3 is 2.89 bits per heavy atom. The van der Waals surface area contributed by atoms with Gasteiger partial charge in [0.05, 0.1) is 11.6 Å². The van der Waals surface area contributed by atoms with E-state index in [0.717, 1.165) is 30.9 Å². The second-order valence-electron chi connectivity index (χ2n) is 6.45. The van der Waals surface area contributed by atoms with Crippen molar-refractivity contribution in [3.05, 3.63) is 35.4 Å². The van der Waals surface area contributed by atoms with E-state index in [1.165, 1.54) is 11.1 Å². The average Bonchev–Trinajstić information content (AvgIpc) is 2.41. The van der Waals surface area contributed by atoms with E-state index in [4.69, 9.17) is 0 Å². The molecule has 2 atom stereocenters. The highest BCUT2D eigenvalue weighted by Gasteiger charge is 2.52. The van der Waals surface area contributed by atoms with Gasteiger partial charge in [-0.3, -0.25) is 0 Å². The first kappa shape index (κ1) is 13.5. The van der Waals surface area contributed by atoms with Crippen LogP contribution in [-0.2, 0) is 6.42 Å². The van der Waals surface area contributed by atoms with Crippen LogP contribution >= 0.6 is 11.8 Å². The Balaban J connectivity index is 2.02. The molecule has 0 bridgehead atoms. The Labute approximate surface area is 120 Å². The molecule has 2 unspecified atom stereocenters. The van der Waals surface area contributed by atoms with Gasteiger partial charge in [-0.05, 0) is 41.7 Å². The number of aliphatic hydroxyl groups is 1. The van der Waals surface area contributed by atoms with E-state index in [-0.39, 0.29) is 11.5 Å². The number of thioether (sulfide) groups is 1. The molecular weight excluding hydrogens is 254 g/mol. The lowest BCUT2D eigenvalue weighted by atomic mass is 9.67. The number of fused-ring (bicyclic) bond motifs is 1. The topological polar surface area (TPSA) is 32.3 Å². The fourth-order valence-corrected chi connectivity index (χ4v) is 5.04. The zero-order chi connectivity index (χ0) is 13.5. The summed E-state index contributed by atoms with van der Waals surface area (Å²) in [4.78, 5) is 0. The Morgan fingerprint density at radius 2 is 2.11 bits per heavy atom. The monoisotopic (exact) mass is 277 g/mol. The Hall–Kier alpha value is -0.510. The fraction of sp³-hybridized carbons (Fsp3) is 0.625. The molecule has 1 aromatic rings. The van der Waals surface area contributed by atoms with Gasteiger partial charge >= 0.3 is 0 Å². The molecule has 2 N–H and O–H groups in total. The van der Waals surface area contributed by atoms with E-state index >= 15 is 0 Å². The maximum atomic E-state index is 11.4. The normalized spacial score (nSPS) is 33.7. The molecule has 0 amide bonds. The lowest BCUT2D eigenvalue weighted by Crippen LogP contribution is -2.59. The lowest BCUT2D eigenvalue weighted by molar-refractivity contribution is -0.0832. The van der Waals surface area contributed by atoms with Crippen LogP contribution in [0.2, 0.25) is 0 Å². The molecular formula is C16H23NOS. The van der Waals surface area contributed by atoms with E-state index in [0.29, 0.717) is 0 Å². The third-order valence-electron chi connectivity index (χ3n) is 4.95. The van der Waals surface area contributed by atoms with Crippen molar-refractivity contribution in [1.82, 2.24) is 5.32 Å². The van der Waals surface area contributed by atoms with Crippen molar-refractivity contribution >= 4 is 11.8 Å². The van der Waals surface area contributed by atoms with Crippen LogP contribution < -0.4 is 5.32 Å².